The number of nitrogens with zero attached hydrogens (tertiary/aromatic N) is 1. The van der Waals surface area contributed by atoms with Crippen LogP contribution in [0.15, 0.2) is 50.9 Å². The largest absolute Gasteiger partial charge is 0.496 e. The number of ether oxygens (including phenoxy) is 2. The van der Waals surface area contributed by atoms with Gasteiger partial charge in [0.25, 0.3) is 10.1 Å². The molecule has 0 heterocycles. The Kier molecular flexibility index (Phi) is 9.55. The summed E-state index contributed by atoms with van der Waals surface area (Å²) in [6.45, 7) is 1.84. The summed E-state index contributed by atoms with van der Waals surface area (Å²) < 4.78 is 40.6. The Bertz CT molecular complexity index is 965. The third-order valence-corrected chi connectivity index (χ3v) is 4.80. The second-order valence-corrected chi connectivity index (χ2v) is 7.65. The summed E-state index contributed by atoms with van der Waals surface area (Å²) in [4.78, 5) is -0.0666. The molecule has 0 spiro atoms. The Morgan fingerprint density at radius 3 is 2.24 bits per heavy atom. The van der Waals surface area contributed by atoms with Gasteiger partial charge in [0.15, 0.2) is 0 Å². The van der Waals surface area contributed by atoms with Gasteiger partial charge in [0.05, 0.1) is 29.8 Å². The zero-order valence-electron chi connectivity index (χ0n) is 15.8. The highest BCUT2D eigenvalue weighted by atomic mass is 79.9. The van der Waals surface area contributed by atoms with Crippen molar-refractivity contribution in [3.05, 3.63) is 52.0 Å². The third kappa shape index (κ3) is 8.07. The van der Waals surface area contributed by atoms with E-state index in [0.717, 1.165) is 10.0 Å². The van der Waals surface area contributed by atoms with E-state index >= 15 is 0 Å². The van der Waals surface area contributed by atoms with Gasteiger partial charge < -0.3 is 9.47 Å². The van der Waals surface area contributed by atoms with Gasteiger partial charge in [-0.2, -0.15) is 13.5 Å². The van der Waals surface area contributed by atoms with E-state index in [-0.39, 0.29) is 10.9 Å². The Balaban J connectivity index is 0.000000326. The van der Waals surface area contributed by atoms with Crippen LogP contribution in [0.3, 0.4) is 0 Å². The number of benzene rings is 2. The van der Waals surface area contributed by atoms with E-state index in [9.17, 15) is 8.42 Å². The zero-order chi connectivity index (χ0) is 22.0. The van der Waals surface area contributed by atoms with Gasteiger partial charge in [-0.25, -0.2) is 10.9 Å². The lowest BCUT2D eigenvalue weighted by atomic mass is 10.2. The van der Waals surface area contributed by atoms with Crippen LogP contribution in [-0.4, -0.2) is 44.6 Å². The Morgan fingerprint density at radius 2 is 1.76 bits per heavy atom. The van der Waals surface area contributed by atoms with Crippen LogP contribution in [0.4, 0.5) is 0 Å². The monoisotopic (exact) mass is 488 g/mol. The molecule has 0 aliphatic rings. The summed E-state index contributed by atoms with van der Waals surface area (Å²) in [5, 5.41) is 19.2. The Labute approximate surface area is 176 Å². The molecule has 12 heteroatoms. The van der Waals surface area contributed by atoms with Crippen molar-refractivity contribution in [3.63, 3.8) is 0 Å². The molecule has 2 aromatic rings. The number of hydrogen-bond donors (Lipinski definition) is 5. The fourth-order valence-corrected chi connectivity index (χ4v) is 2.89. The molecule has 2 aromatic carbocycles. The number of methoxy groups -OCH3 is 2. The van der Waals surface area contributed by atoms with E-state index in [4.69, 9.17) is 24.6 Å². The van der Waals surface area contributed by atoms with Gasteiger partial charge in [-0.15, -0.1) is 0 Å². The van der Waals surface area contributed by atoms with Crippen molar-refractivity contribution in [1.29, 1.82) is 5.41 Å². The van der Waals surface area contributed by atoms with Crippen LogP contribution in [0, 0.1) is 12.3 Å². The highest BCUT2D eigenvalue weighted by Gasteiger charge is 2.08. The van der Waals surface area contributed by atoms with E-state index in [0.29, 0.717) is 17.1 Å². The molecule has 0 aliphatic heterocycles. The lowest BCUT2D eigenvalue weighted by Gasteiger charge is -2.09. The fraction of sp³-hybridized carbons (Fsp3) is 0.176. The van der Waals surface area contributed by atoms with Crippen molar-refractivity contribution in [2.24, 2.45) is 5.10 Å². The minimum atomic E-state index is -4.02. The molecular formula is C17H21BrN4O6S. The van der Waals surface area contributed by atoms with Gasteiger partial charge >= 0.3 is 0 Å². The molecular weight excluding hydrogens is 468 g/mol. The number of rotatable bonds is 5. The molecule has 158 valence electrons. The van der Waals surface area contributed by atoms with Crippen LogP contribution < -0.4 is 20.4 Å². The maximum absolute atomic E-state index is 10.5. The first-order valence-electron chi connectivity index (χ1n) is 7.85. The quantitative estimate of drug-likeness (QED) is 0.186. The van der Waals surface area contributed by atoms with E-state index in [1.165, 1.54) is 25.5 Å². The van der Waals surface area contributed by atoms with Crippen LogP contribution in [0.25, 0.3) is 0 Å². The number of nitrogens with one attached hydrogen (secondary N) is 3. The van der Waals surface area contributed by atoms with Crippen LogP contribution >= 0.6 is 15.9 Å². The molecule has 5 N–H and O–H groups in total. The van der Waals surface area contributed by atoms with Crippen molar-refractivity contribution < 1.29 is 27.7 Å². The number of hydrogen-bond acceptors (Lipinski definition) is 7. The number of guanidine groups is 1. The van der Waals surface area contributed by atoms with Crippen molar-refractivity contribution >= 4 is 38.2 Å². The van der Waals surface area contributed by atoms with Crippen LogP contribution in [0.2, 0.25) is 0 Å². The summed E-state index contributed by atoms with van der Waals surface area (Å²) >= 11 is 3.35. The van der Waals surface area contributed by atoms with Gasteiger partial charge in [0.2, 0.25) is 5.96 Å². The third-order valence-electron chi connectivity index (χ3n) is 3.31. The fourth-order valence-electron chi connectivity index (χ4n) is 1.89. The summed E-state index contributed by atoms with van der Waals surface area (Å²) in [5.41, 5.74) is 5.52. The van der Waals surface area contributed by atoms with Crippen molar-refractivity contribution in [2.75, 3.05) is 14.2 Å². The standard InChI is InChI=1S/C10H13BrN4O3.C7H8O3S/c1-17-8-4-9(18-2)7(11)3-6(8)5-13-14-10(12)15-16;1-6-2-4-7(5-3-6)11(8,9)10/h3-5,16H,1-2H3,(H3,12,14,15);2-5H,1H3,(H,8,9,10)/b13-5+;. The lowest BCUT2D eigenvalue weighted by molar-refractivity contribution is 0.228. The molecule has 2 rings (SSSR count). The van der Waals surface area contributed by atoms with Crippen LogP contribution in [0.1, 0.15) is 11.1 Å². The molecule has 0 fully saturated rings. The Morgan fingerprint density at radius 1 is 1.17 bits per heavy atom. The highest BCUT2D eigenvalue weighted by molar-refractivity contribution is 9.10. The molecule has 0 aliphatic carbocycles. The van der Waals surface area contributed by atoms with E-state index in [2.05, 4.69) is 26.5 Å². The summed E-state index contributed by atoms with van der Waals surface area (Å²) in [5.74, 6) is 0.878. The molecule has 10 nitrogen and oxygen atoms in total. The molecule has 0 bridgehead atoms. The topological polar surface area (TPSA) is 153 Å². The van der Waals surface area contributed by atoms with Crippen molar-refractivity contribution in [1.82, 2.24) is 10.9 Å². The Hall–Kier alpha value is -2.67. The molecule has 0 unspecified atom stereocenters. The average Bonchev–Trinajstić information content (AvgIpc) is 2.68. The number of halogens is 1. The molecule has 0 amide bonds. The minimum Gasteiger partial charge on any atom is -0.496 e. The predicted molar refractivity (Wildman–Crippen MR) is 112 cm³/mol. The molecule has 0 saturated heterocycles. The van der Waals surface area contributed by atoms with E-state index in [1.54, 1.807) is 36.9 Å². The molecule has 0 atom stereocenters. The van der Waals surface area contributed by atoms with Crippen LogP contribution in [-0.2, 0) is 10.1 Å². The summed E-state index contributed by atoms with van der Waals surface area (Å²) in [6.07, 6.45) is 1.45. The summed E-state index contributed by atoms with van der Waals surface area (Å²) in [6, 6.07) is 9.46. The summed E-state index contributed by atoms with van der Waals surface area (Å²) in [7, 11) is -0.928. The molecule has 0 aromatic heterocycles. The highest BCUT2D eigenvalue weighted by Crippen LogP contribution is 2.31. The SMILES string of the molecule is COc1cc(OC)c(/C=N/NC(=N)NO)cc1Br.Cc1ccc(S(=O)(=O)O)cc1. The van der Waals surface area contributed by atoms with E-state index in [1.807, 2.05) is 6.92 Å². The number of aryl methyl sites for hydroxylation is 1. The predicted octanol–water partition coefficient (Wildman–Crippen LogP) is 2.55. The maximum atomic E-state index is 10.5. The zero-order valence-corrected chi connectivity index (χ0v) is 18.2. The molecule has 29 heavy (non-hydrogen) atoms. The average molecular weight is 489 g/mol. The minimum absolute atomic E-state index is 0.0666. The normalized spacial score (nSPS) is 10.7. The van der Waals surface area contributed by atoms with Crippen molar-refractivity contribution in [3.8, 4) is 11.5 Å². The van der Waals surface area contributed by atoms with Crippen LogP contribution in [0.5, 0.6) is 11.5 Å². The number of hydroxylamine groups is 1. The smallest absolute Gasteiger partial charge is 0.294 e. The maximum Gasteiger partial charge on any atom is 0.294 e. The molecule has 0 saturated carbocycles. The first kappa shape index (κ1) is 24.4. The molecule has 0 radical (unpaired) electrons. The number of hydrazone groups is 1. The lowest BCUT2D eigenvalue weighted by Crippen LogP contribution is -2.30. The van der Waals surface area contributed by atoms with Gasteiger partial charge in [0.1, 0.15) is 11.5 Å². The van der Waals surface area contributed by atoms with Gasteiger partial charge in [-0.1, -0.05) is 17.7 Å². The second-order valence-electron chi connectivity index (χ2n) is 5.37. The van der Waals surface area contributed by atoms with Gasteiger partial charge in [-0.05, 0) is 41.1 Å². The second kappa shape index (κ2) is 11.4. The first-order valence-corrected chi connectivity index (χ1v) is 10.1. The van der Waals surface area contributed by atoms with Gasteiger partial charge in [0, 0.05) is 11.6 Å². The van der Waals surface area contributed by atoms with Gasteiger partial charge in [-0.3, -0.25) is 15.2 Å². The first-order chi connectivity index (χ1) is 13.6. The van der Waals surface area contributed by atoms with Crippen molar-refractivity contribution in [2.45, 2.75) is 11.8 Å². The van der Waals surface area contributed by atoms with E-state index < -0.39 is 10.1 Å².